The van der Waals surface area contributed by atoms with Gasteiger partial charge in [0.15, 0.2) is 0 Å². The number of benzene rings is 1. The molecule has 0 radical (unpaired) electrons. The Hall–Kier alpha value is -1.46. The summed E-state index contributed by atoms with van der Waals surface area (Å²) in [5, 5.41) is 0. The molecule has 0 bridgehead atoms. The number of pyridine rings is 1. The summed E-state index contributed by atoms with van der Waals surface area (Å²) in [6.07, 6.45) is 2.84. The average molecular weight is 325 g/mol. The highest BCUT2D eigenvalue weighted by Gasteiger charge is 2.19. The second-order valence-electron chi connectivity index (χ2n) is 4.29. The summed E-state index contributed by atoms with van der Waals surface area (Å²) >= 11 is 3.32. The van der Waals surface area contributed by atoms with Crippen molar-refractivity contribution >= 4 is 15.9 Å². The van der Waals surface area contributed by atoms with Crippen LogP contribution in [0.25, 0.3) is 0 Å². The summed E-state index contributed by atoms with van der Waals surface area (Å²) in [5.41, 5.74) is 6.63. The van der Waals surface area contributed by atoms with Gasteiger partial charge in [0.2, 0.25) is 0 Å². The summed E-state index contributed by atoms with van der Waals surface area (Å²) in [4.78, 5) is 4.02. The van der Waals surface area contributed by atoms with Gasteiger partial charge >= 0.3 is 0 Å². The van der Waals surface area contributed by atoms with Gasteiger partial charge in [-0.2, -0.15) is 0 Å². The first-order valence-corrected chi connectivity index (χ1v) is 6.64. The lowest BCUT2D eigenvalue weighted by Crippen LogP contribution is -2.29. The maximum Gasteiger partial charge on any atom is 0.139 e. The highest BCUT2D eigenvalue weighted by Crippen LogP contribution is 2.25. The fourth-order valence-electron chi connectivity index (χ4n) is 1.77. The standard InChI is InChI=1S/C14H14BrFN2O/c1-9(17)14(10-3-2-4-12(16)5-10)19-13-6-11(15)7-18-8-13/h2-9,14H,17H2,1H3. The molecule has 2 aromatic rings. The summed E-state index contributed by atoms with van der Waals surface area (Å²) in [7, 11) is 0. The molecule has 2 unspecified atom stereocenters. The molecule has 0 amide bonds. The number of nitrogens with zero attached hydrogens (tertiary/aromatic N) is 1. The van der Waals surface area contributed by atoms with Crippen molar-refractivity contribution in [1.82, 2.24) is 4.98 Å². The molecular weight excluding hydrogens is 311 g/mol. The second-order valence-corrected chi connectivity index (χ2v) is 5.21. The SMILES string of the molecule is CC(N)C(Oc1cncc(Br)c1)c1cccc(F)c1. The molecule has 1 heterocycles. The molecule has 2 atom stereocenters. The summed E-state index contributed by atoms with van der Waals surface area (Å²) < 4.78 is 19.9. The van der Waals surface area contributed by atoms with Crippen LogP contribution in [0.3, 0.4) is 0 Å². The van der Waals surface area contributed by atoms with Crippen molar-refractivity contribution in [3.8, 4) is 5.75 Å². The number of hydrogen-bond acceptors (Lipinski definition) is 3. The van der Waals surface area contributed by atoms with E-state index in [1.54, 1.807) is 30.6 Å². The molecule has 2 rings (SSSR count). The van der Waals surface area contributed by atoms with Crippen molar-refractivity contribution in [3.05, 3.63) is 58.6 Å². The Kier molecular flexibility index (Phi) is 4.50. The van der Waals surface area contributed by atoms with Gasteiger partial charge < -0.3 is 10.5 Å². The minimum absolute atomic E-state index is 0.277. The molecule has 1 aromatic heterocycles. The molecule has 3 nitrogen and oxygen atoms in total. The van der Waals surface area contributed by atoms with Crippen LogP contribution in [0.2, 0.25) is 0 Å². The van der Waals surface area contributed by atoms with Crippen molar-refractivity contribution in [2.45, 2.75) is 19.1 Å². The van der Waals surface area contributed by atoms with Gasteiger partial charge in [-0.3, -0.25) is 4.98 Å². The molecule has 0 aliphatic heterocycles. The van der Waals surface area contributed by atoms with Crippen LogP contribution in [-0.4, -0.2) is 11.0 Å². The van der Waals surface area contributed by atoms with Crippen molar-refractivity contribution in [1.29, 1.82) is 0 Å². The molecule has 2 N–H and O–H groups in total. The smallest absolute Gasteiger partial charge is 0.139 e. The van der Waals surface area contributed by atoms with Gasteiger partial charge in [-0.15, -0.1) is 0 Å². The van der Waals surface area contributed by atoms with Gasteiger partial charge in [0.05, 0.1) is 6.20 Å². The molecule has 5 heteroatoms. The van der Waals surface area contributed by atoms with Crippen LogP contribution in [0, 0.1) is 5.82 Å². The van der Waals surface area contributed by atoms with E-state index in [9.17, 15) is 4.39 Å². The number of halogens is 2. The van der Waals surface area contributed by atoms with Crippen molar-refractivity contribution in [2.75, 3.05) is 0 Å². The first-order chi connectivity index (χ1) is 9.06. The van der Waals surface area contributed by atoms with Crippen LogP contribution in [0.5, 0.6) is 5.75 Å². The Morgan fingerprint density at radius 1 is 1.32 bits per heavy atom. The summed E-state index contributed by atoms with van der Waals surface area (Å²) in [5.74, 6) is 0.278. The van der Waals surface area contributed by atoms with Gasteiger partial charge in [0.25, 0.3) is 0 Å². The third kappa shape index (κ3) is 3.75. The zero-order valence-corrected chi connectivity index (χ0v) is 12.0. The topological polar surface area (TPSA) is 48.1 Å². The molecule has 19 heavy (non-hydrogen) atoms. The molecule has 0 saturated heterocycles. The predicted octanol–water partition coefficient (Wildman–Crippen LogP) is 3.45. The Morgan fingerprint density at radius 2 is 2.11 bits per heavy atom. The zero-order valence-electron chi connectivity index (χ0n) is 10.4. The van der Waals surface area contributed by atoms with Crippen molar-refractivity contribution in [3.63, 3.8) is 0 Å². The Bertz CT molecular complexity index is 563. The third-order valence-corrected chi connectivity index (χ3v) is 3.03. The second kappa shape index (κ2) is 6.12. The van der Waals surface area contributed by atoms with Gasteiger partial charge in [-0.25, -0.2) is 4.39 Å². The Labute approximate surface area is 119 Å². The lowest BCUT2D eigenvalue weighted by molar-refractivity contribution is 0.179. The maximum atomic E-state index is 13.3. The van der Waals surface area contributed by atoms with Crippen LogP contribution in [0.1, 0.15) is 18.6 Å². The predicted molar refractivity (Wildman–Crippen MR) is 75.4 cm³/mol. The molecule has 0 aliphatic rings. The van der Waals surface area contributed by atoms with E-state index in [0.29, 0.717) is 11.3 Å². The van der Waals surface area contributed by atoms with E-state index in [1.807, 2.05) is 6.92 Å². The highest BCUT2D eigenvalue weighted by atomic mass is 79.9. The minimum Gasteiger partial charge on any atom is -0.482 e. The van der Waals surface area contributed by atoms with Crippen LogP contribution < -0.4 is 10.5 Å². The lowest BCUT2D eigenvalue weighted by Gasteiger charge is -2.22. The maximum absolute atomic E-state index is 13.3. The molecule has 100 valence electrons. The van der Waals surface area contributed by atoms with E-state index in [4.69, 9.17) is 10.5 Å². The van der Waals surface area contributed by atoms with Crippen molar-refractivity contribution < 1.29 is 9.13 Å². The van der Waals surface area contributed by atoms with Gasteiger partial charge in [0.1, 0.15) is 17.7 Å². The van der Waals surface area contributed by atoms with Crippen LogP contribution >= 0.6 is 15.9 Å². The van der Waals surface area contributed by atoms with E-state index >= 15 is 0 Å². The van der Waals surface area contributed by atoms with Gasteiger partial charge in [-0.05, 0) is 46.6 Å². The summed E-state index contributed by atoms with van der Waals surface area (Å²) in [6, 6.07) is 7.77. The zero-order chi connectivity index (χ0) is 13.8. The van der Waals surface area contributed by atoms with Crippen LogP contribution in [0.4, 0.5) is 4.39 Å². The molecule has 0 fully saturated rings. The van der Waals surface area contributed by atoms with E-state index in [1.165, 1.54) is 12.1 Å². The quantitative estimate of drug-likeness (QED) is 0.937. The summed E-state index contributed by atoms with van der Waals surface area (Å²) in [6.45, 7) is 1.82. The normalized spacial score (nSPS) is 13.9. The van der Waals surface area contributed by atoms with E-state index in [-0.39, 0.29) is 11.9 Å². The molecule has 0 saturated carbocycles. The number of hydrogen-bond donors (Lipinski definition) is 1. The van der Waals surface area contributed by atoms with Crippen LogP contribution in [0.15, 0.2) is 47.2 Å². The molecule has 1 aromatic carbocycles. The number of nitrogens with two attached hydrogens (primary N) is 1. The number of rotatable bonds is 4. The van der Waals surface area contributed by atoms with Crippen molar-refractivity contribution in [2.24, 2.45) is 5.73 Å². The van der Waals surface area contributed by atoms with Crippen LogP contribution in [-0.2, 0) is 0 Å². The first-order valence-electron chi connectivity index (χ1n) is 5.84. The highest BCUT2D eigenvalue weighted by molar-refractivity contribution is 9.10. The van der Waals surface area contributed by atoms with E-state index < -0.39 is 6.10 Å². The third-order valence-electron chi connectivity index (χ3n) is 2.60. The molecule has 0 aliphatic carbocycles. The Balaban J connectivity index is 2.26. The lowest BCUT2D eigenvalue weighted by atomic mass is 10.0. The van der Waals surface area contributed by atoms with E-state index in [2.05, 4.69) is 20.9 Å². The molecular formula is C14H14BrFN2O. The number of aromatic nitrogens is 1. The average Bonchev–Trinajstić information content (AvgIpc) is 2.35. The van der Waals surface area contributed by atoms with Gasteiger partial charge in [0, 0.05) is 16.7 Å². The van der Waals surface area contributed by atoms with E-state index in [0.717, 1.165) is 4.47 Å². The molecule has 0 spiro atoms. The minimum atomic E-state index is -0.424. The van der Waals surface area contributed by atoms with Gasteiger partial charge in [-0.1, -0.05) is 12.1 Å². The largest absolute Gasteiger partial charge is 0.482 e. The Morgan fingerprint density at radius 3 is 2.74 bits per heavy atom. The first kappa shape index (κ1) is 14.0. The monoisotopic (exact) mass is 324 g/mol. The fraction of sp³-hybridized carbons (Fsp3) is 0.214. The number of ether oxygens (including phenoxy) is 1. The fourth-order valence-corrected chi connectivity index (χ4v) is 2.11.